The molecule has 29 heavy (non-hydrogen) atoms. The smallest absolute Gasteiger partial charge is 0.333 e. The predicted octanol–water partition coefficient (Wildman–Crippen LogP) is 3.08. The van der Waals surface area contributed by atoms with Crippen molar-refractivity contribution in [3.63, 3.8) is 0 Å². The van der Waals surface area contributed by atoms with Crippen molar-refractivity contribution >= 4 is 23.5 Å². The molecule has 6 heteroatoms. The first-order chi connectivity index (χ1) is 13.7. The number of carbonyl (C=O) groups is 4. The van der Waals surface area contributed by atoms with E-state index in [1.807, 2.05) is 30.3 Å². The molecule has 156 valence electrons. The van der Waals surface area contributed by atoms with Gasteiger partial charge in [0.2, 0.25) is 0 Å². The van der Waals surface area contributed by atoms with Crippen LogP contribution in [-0.2, 0) is 35.1 Å². The van der Waals surface area contributed by atoms with Gasteiger partial charge < -0.3 is 9.47 Å². The Labute approximate surface area is 171 Å². The minimum atomic E-state index is -1.08. The molecule has 1 saturated carbocycles. The number of ether oxygens (including phenoxy) is 2. The maximum absolute atomic E-state index is 12.9. The molecule has 0 radical (unpaired) electrons. The highest BCUT2D eigenvalue weighted by atomic mass is 16.5. The molecular formula is C23H28O6. The Bertz CT molecular complexity index is 793. The van der Waals surface area contributed by atoms with Crippen molar-refractivity contribution in [3.05, 3.63) is 48.0 Å². The highest BCUT2D eigenvalue weighted by Gasteiger charge is 2.52. The van der Waals surface area contributed by atoms with Crippen LogP contribution < -0.4 is 0 Å². The molecule has 0 aliphatic heterocycles. The molecule has 2 atom stereocenters. The summed E-state index contributed by atoms with van der Waals surface area (Å²) in [5.74, 6) is -4.18. The molecule has 0 spiro atoms. The number of Topliss-reactive ketones (excluding diaryl/α,β-unsaturated/α-hetero) is 2. The second kappa shape index (κ2) is 9.63. The van der Waals surface area contributed by atoms with Crippen LogP contribution in [0, 0.1) is 17.3 Å². The maximum atomic E-state index is 12.9. The van der Waals surface area contributed by atoms with E-state index in [9.17, 15) is 19.2 Å². The van der Waals surface area contributed by atoms with E-state index in [-0.39, 0.29) is 37.4 Å². The second-order valence-electron chi connectivity index (χ2n) is 7.95. The van der Waals surface area contributed by atoms with E-state index in [1.54, 1.807) is 20.8 Å². The van der Waals surface area contributed by atoms with Gasteiger partial charge in [-0.1, -0.05) is 50.8 Å². The third-order valence-electron chi connectivity index (χ3n) is 5.16. The molecule has 0 amide bonds. The number of esters is 2. The lowest BCUT2D eigenvalue weighted by atomic mass is 9.63. The summed E-state index contributed by atoms with van der Waals surface area (Å²) in [6.07, 6.45) is 0.470. The molecule has 0 heterocycles. The molecule has 1 fully saturated rings. The summed E-state index contributed by atoms with van der Waals surface area (Å²) < 4.78 is 10.3. The third kappa shape index (κ3) is 5.62. The lowest BCUT2D eigenvalue weighted by molar-refractivity contribution is -0.162. The average molecular weight is 400 g/mol. The summed E-state index contributed by atoms with van der Waals surface area (Å²) in [6.45, 7) is 9.08. The van der Waals surface area contributed by atoms with Crippen LogP contribution >= 0.6 is 0 Å². The van der Waals surface area contributed by atoms with Gasteiger partial charge in [0.1, 0.15) is 11.7 Å². The van der Waals surface area contributed by atoms with Gasteiger partial charge in [0, 0.05) is 18.4 Å². The van der Waals surface area contributed by atoms with Gasteiger partial charge in [0.25, 0.3) is 0 Å². The first kappa shape index (κ1) is 22.5. The molecular weight excluding hydrogens is 372 g/mol. The molecule has 0 aromatic heterocycles. The Hall–Kier alpha value is -2.76. The van der Waals surface area contributed by atoms with Gasteiger partial charge in [-0.3, -0.25) is 14.4 Å². The fraction of sp³-hybridized carbons (Fsp3) is 0.478. The molecule has 1 aromatic carbocycles. The zero-order valence-electron chi connectivity index (χ0n) is 17.2. The molecule has 2 unspecified atom stereocenters. The number of rotatable bonds is 8. The minimum Gasteiger partial charge on any atom is -0.465 e. The van der Waals surface area contributed by atoms with E-state index < -0.39 is 35.0 Å². The summed E-state index contributed by atoms with van der Waals surface area (Å²) in [5, 5.41) is 0. The quantitative estimate of drug-likeness (QED) is 0.379. The summed E-state index contributed by atoms with van der Waals surface area (Å²) in [6, 6.07) is 9.56. The molecule has 1 aromatic rings. The monoisotopic (exact) mass is 400 g/mol. The van der Waals surface area contributed by atoms with Crippen LogP contribution in [0.3, 0.4) is 0 Å². The zero-order valence-corrected chi connectivity index (χ0v) is 17.2. The fourth-order valence-electron chi connectivity index (χ4n) is 3.63. The van der Waals surface area contributed by atoms with Crippen LogP contribution in [0.5, 0.6) is 0 Å². The van der Waals surface area contributed by atoms with Gasteiger partial charge in [-0.25, -0.2) is 4.79 Å². The summed E-state index contributed by atoms with van der Waals surface area (Å²) in [7, 11) is 0. The van der Waals surface area contributed by atoms with Crippen LogP contribution in [0.25, 0.3) is 0 Å². The molecule has 2 rings (SSSR count). The van der Waals surface area contributed by atoms with E-state index in [2.05, 4.69) is 6.58 Å². The van der Waals surface area contributed by atoms with Crippen LogP contribution in [0.15, 0.2) is 42.5 Å². The van der Waals surface area contributed by atoms with E-state index in [0.717, 1.165) is 5.56 Å². The minimum absolute atomic E-state index is 0.0482. The van der Waals surface area contributed by atoms with E-state index in [1.165, 1.54) is 0 Å². The van der Waals surface area contributed by atoms with E-state index in [0.29, 0.717) is 6.42 Å². The Kier molecular flexibility index (Phi) is 7.48. The number of ketones is 2. The normalized spacial score (nSPS) is 20.8. The highest BCUT2D eigenvalue weighted by molar-refractivity contribution is 6.14. The van der Waals surface area contributed by atoms with Crippen LogP contribution in [0.4, 0.5) is 0 Å². The van der Waals surface area contributed by atoms with Gasteiger partial charge in [-0.2, -0.15) is 0 Å². The van der Waals surface area contributed by atoms with Gasteiger partial charge in [0.05, 0.1) is 19.1 Å². The summed E-state index contributed by atoms with van der Waals surface area (Å²) in [4.78, 5) is 50.0. The van der Waals surface area contributed by atoms with E-state index >= 15 is 0 Å². The van der Waals surface area contributed by atoms with E-state index in [4.69, 9.17) is 9.47 Å². The zero-order chi connectivity index (χ0) is 21.6. The first-order valence-electron chi connectivity index (χ1n) is 9.79. The second-order valence-corrected chi connectivity index (χ2v) is 7.95. The first-order valence-corrected chi connectivity index (χ1v) is 9.79. The molecule has 1 aliphatic rings. The van der Waals surface area contributed by atoms with Crippen LogP contribution in [0.1, 0.15) is 39.2 Å². The predicted molar refractivity (Wildman–Crippen MR) is 107 cm³/mol. The van der Waals surface area contributed by atoms with Crippen molar-refractivity contribution in [1.29, 1.82) is 0 Å². The topological polar surface area (TPSA) is 86.7 Å². The summed E-state index contributed by atoms with van der Waals surface area (Å²) in [5.41, 5.74) is 0.254. The third-order valence-corrected chi connectivity index (χ3v) is 5.16. The van der Waals surface area contributed by atoms with Crippen LogP contribution in [-0.4, -0.2) is 36.7 Å². The van der Waals surface area contributed by atoms with Gasteiger partial charge in [0.15, 0.2) is 5.78 Å². The fourth-order valence-corrected chi connectivity index (χ4v) is 3.63. The van der Waals surface area contributed by atoms with Crippen molar-refractivity contribution < 1.29 is 28.7 Å². The number of carbonyl (C=O) groups excluding carboxylic acids is 4. The lowest BCUT2D eigenvalue weighted by Gasteiger charge is -2.38. The van der Waals surface area contributed by atoms with Crippen molar-refractivity contribution in [2.24, 2.45) is 17.3 Å². The maximum Gasteiger partial charge on any atom is 0.333 e. The Morgan fingerprint density at radius 1 is 1.14 bits per heavy atom. The average Bonchev–Trinajstić information content (AvgIpc) is 2.65. The van der Waals surface area contributed by atoms with Crippen molar-refractivity contribution in [2.45, 2.75) is 40.0 Å². The Balaban J connectivity index is 1.98. The van der Waals surface area contributed by atoms with Gasteiger partial charge in [-0.15, -0.1) is 0 Å². The number of benzene rings is 1. The molecule has 0 saturated heterocycles. The lowest BCUT2D eigenvalue weighted by Crippen LogP contribution is -2.50. The Morgan fingerprint density at radius 3 is 2.41 bits per heavy atom. The van der Waals surface area contributed by atoms with Gasteiger partial charge in [-0.05, 0) is 24.3 Å². The van der Waals surface area contributed by atoms with Crippen molar-refractivity contribution in [2.75, 3.05) is 13.2 Å². The Morgan fingerprint density at radius 2 is 1.79 bits per heavy atom. The molecule has 0 bridgehead atoms. The number of hydrogen-bond donors (Lipinski definition) is 0. The van der Waals surface area contributed by atoms with Crippen molar-refractivity contribution in [3.8, 4) is 0 Å². The number of hydrogen-bond acceptors (Lipinski definition) is 6. The summed E-state index contributed by atoms with van der Waals surface area (Å²) >= 11 is 0. The highest BCUT2D eigenvalue weighted by Crippen LogP contribution is 2.41. The standard InChI is InChI=1S/C23H28O6/c1-5-28-22(27)19-20(25)17(18(24)14-23(19,3)4)13-15(2)21(26)29-12-11-16-9-7-6-8-10-16/h6-10,17,19H,2,5,11-14H2,1,3-4H3. The largest absolute Gasteiger partial charge is 0.465 e. The molecule has 0 N–H and O–H groups in total. The molecule has 1 aliphatic carbocycles. The van der Waals surface area contributed by atoms with Gasteiger partial charge >= 0.3 is 11.9 Å². The SMILES string of the molecule is C=C(CC1C(=O)CC(C)(C)C(C(=O)OCC)C1=O)C(=O)OCCc1ccccc1. The van der Waals surface area contributed by atoms with Crippen molar-refractivity contribution in [1.82, 2.24) is 0 Å². The van der Waals surface area contributed by atoms with Crippen LogP contribution in [0.2, 0.25) is 0 Å². The molecule has 6 nitrogen and oxygen atoms in total.